The van der Waals surface area contributed by atoms with Gasteiger partial charge in [0.2, 0.25) is 15.0 Å². The Balaban J connectivity index is 2.07. The fourth-order valence-electron chi connectivity index (χ4n) is 3.19. The lowest BCUT2D eigenvalue weighted by molar-refractivity contribution is 0.423. The van der Waals surface area contributed by atoms with Crippen molar-refractivity contribution in [3.8, 4) is 5.75 Å². The Hall–Kier alpha value is -2.60. The molecule has 2 N–H and O–H groups in total. The van der Waals surface area contributed by atoms with Crippen LogP contribution in [0.2, 0.25) is 0 Å². The molecule has 2 aromatic carbocycles. The average molecular weight is 413 g/mol. The molecule has 1 aromatic heterocycles. The molecule has 0 radical (unpaired) electrons. The van der Waals surface area contributed by atoms with Gasteiger partial charge in [-0.15, -0.1) is 0 Å². The highest BCUT2D eigenvalue weighted by Gasteiger charge is 2.26. The zero-order valence-corrected chi connectivity index (χ0v) is 18.6. The summed E-state index contributed by atoms with van der Waals surface area (Å²) < 4.78 is 25.6. The highest BCUT2D eigenvalue weighted by molar-refractivity contribution is 7.94. The van der Waals surface area contributed by atoms with Crippen molar-refractivity contribution in [1.82, 2.24) is 9.97 Å². The van der Waals surface area contributed by atoms with Gasteiger partial charge < -0.3 is 10.1 Å². The van der Waals surface area contributed by atoms with E-state index in [4.69, 9.17) is 0 Å². The fourth-order valence-corrected chi connectivity index (χ4v) is 4.14. The van der Waals surface area contributed by atoms with Crippen LogP contribution in [0.3, 0.4) is 0 Å². The van der Waals surface area contributed by atoms with Crippen LogP contribution in [0.1, 0.15) is 58.2 Å². The summed E-state index contributed by atoms with van der Waals surface area (Å²) in [5, 5.41) is 11.9. The normalized spacial score (nSPS) is 13.4. The molecule has 0 aliphatic heterocycles. The summed E-state index contributed by atoms with van der Waals surface area (Å²) in [5.41, 5.74) is 2.99. The molecule has 0 spiro atoms. The van der Waals surface area contributed by atoms with E-state index in [2.05, 4.69) is 9.97 Å². The number of fused-ring (bicyclic) bond motifs is 1. The highest BCUT2D eigenvalue weighted by atomic mass is 32.2. The maximum atomic E-state index is 12.8. The molecule has 0 atom stereocenters. The molecular formula is C23H28N2O3S. The van der Waals surface area contributed by atoms with E-state index in [9.17, 15) is 13.5 Å². The second-order valence-corrected chi connectivity index (χ2v) is 11.1. The highest BCUT2D eigenvalue weighted by Crippen LogP contribution is 2.40. The van der Waals surface area contributed by atoms with Crippen molar-refractivity contribution in [2.75, 3.05) is 0 Å². The van der Waals surface area contributed by atoms with Gasteiger partial charge in [0.15, 0.2) is 0 Å². The number of H-pyrrole nitrogens is 1. The van der Waals surface area contributed by atoms with Gasteiger partial charge in [-0.1, -0.05) is 53.7 Å². The van der Waals surface area contributed by atoms with Crippen LogP contribution >= 0.6 is 0 Å². The van der Waals surface area contributed by atoms with Crippen LogP contribution in [-0.2, 0) is 20.7 Å². The minimum atomic E-state index is -3.74. The Morgan fingerprint density at radius 2 is 1.52 bits per heavy atom. The predicted molar refractivity (Wildman–Crippen MR) is 118 cm³/mol. The molecule has 0 saturated carbocycles. The third-order valence-corrected chi connectivity index (χ3v) is 6.05. The molecule has 0 fully saturated rings. The number of aromatic amines is 1. The zero-order chi connectivity index (χ0) is 21.6. The van der Waals surface area contributed by atoms with Gasteiger partial charge in [-0.3, -0.25) is 0 Å². The van der Waals surface area contributed by atoms with Crippen molar-refractivity contribution < 1.29 is 13.5 Å². The standard InChI is InChI=1S/C23H28N2O3S/c1-22(2,3)16-13-15(14-17(20(16)26)23(4,5)6)11-12-29(27,28)21-24-18-9-7-8-10-19(18)25-21/h7-14,26H,1-6H3,(H,24,25)/b12-11+. The Morgan fingerprint density at radius 3 is 2.03 bits per heavy atom. The number of aromatic hydroxyl groups is 1. The molecule has 0 bridgehead atoms. The van der Waals surface area contributed by atoms with E-state index < -0.39 is 9.84 Å². The average Bonchev–Trinajstić information content (AvgIpc) is 3.04. The molecule has 5 nitrogen and oxygen atoms in total. The van der Waals surface area contributed by atoms with Crippen LogP contribution < -0.4 is 0 Å². The van der Waals surface area contributed by atoms with Crippen LogP contribution in [0.4, 0.5) is 0 Å². The van der Waals surface area contributed by atoms with E-state index >= 15 is 0 Å². The number of imidazole rings is 1. The molecule has 0 aliphatic rings. The Labute approximate surface area is 172 Å². The molecule has 6 heteroatoms. The fraction of sp³-hybridized carbons (Fsp3) is 0.348. The maximum Gasteiger partial charge on any atom is 0.233 e. The number of phenols is 1. The number of hydrogen-bond acceptors (Lipinski definition) is 4. The molecule has 0 saturated heterocycles. The van der Waals surface area contributed by atoms with Crippen LogP contribution in [-0.4, -0.2) is 23.5 Å². The summed E-state index contributed by atoms with van der Waals surface area (Å²) in [6.07, 6.45) is 1.56. The van der Waals surface area contributed by atoms with Crippen molar-refractivity contribution in [3.63, 3.8) is 0 Å². The molecule has 0 aliphatic carbocycles. The van der Waals surface area contributed by atoms with Gasteiger partial charge in [0.25, 0.3) is 0 Å². The predicted octanol–water partition coefficient (Wildman–Crippen LogP) is 5.31. The monoisotopic (exact) mass is 412 g/mol. The largest absolute Gasteiger partial charge is 0.507 e. The van der Waals surface area contributed by atoms with E-state index in [1.54, 1.807) is 18.2 Å². The minimum Gasteiger partial charge on any atom is -0.507 e. The quantitative estimate of drug-likeness (QED) is 0.611. The molecule has 3 aromatic rings. The van der Waals surface area contributed by atoms with Gasteiger partial charge in [0, 0.05) is 16.5 Å². The SMILES string of the molecule is CC(C)(C)c1cc(/C=C/S(=O)(=O)c2nc3ccccc3[nH]2)cc(C(C)(C)C)c1O. The lowest BCUT2D eigenvalue weighted by Gasteiger charge is -2.27. The lowest BCUT2D eigenvalue weighted by atomic mass is 9.78. The van der Waals surface area contributed by atoms with E-state index in [1.807, 2.05) is 65.8 Å². The second kappa shape index (κ2) is 7.02. The number of hydrogen-bond donors (Lipinski definition) is 2. The van der Waals surface area contributed by atoms with E-state index in [0.29, 0.717) is 11.0 Å². The van der Waals surface area contributed by atoms with E-state index in [-0.39, 0.29) is 21.7 Å². The Kier molecular flexibility index (Phi) is 5.11. The molecule has 154 valence electrons. The summed E-state index contributed by atoms with van der Waals surface area (Å²) in [6.45, 7) is 12.1. The second-order valence-electron chi connectivity index (χ2n) is 9.37. The van der Waals surface area contributed by atoms with Crippen molar-refractivity contribution in [2.24, 2.45) is 0 Å². The topological polar surface area (TPSA) is 83.0 Å². The van der Waals surface area contributed by atoms with Gasteiger partial charge >= 0.3 is 0 Å². The first-order valence-corrected chi connectivity index (χ1v) is 11.1. The molecule has 0 unspecified atom stereocenters. The van der Waals surface area contributed by atoms with Gasteiger partial charge in [-0.05, 0) is 46.7 Å². The summed E-state index contributed by atoms with van der Waals surface area (Å²) in [4.78, 5) is 7.05. The minimum absolute atomic E-state index is 0.0826. The third-order valence-electron chi connectivity index (χ3n) is 4.83. The van der Waals surface area contributed by atoms with Gasteiger partial charge in [-0.2, -0.15) is 0 Å². The number of nitrogens with one attached hydrogen (secondary N) is 1. The summed E-state index contributed by atoms with van der Waals surface area (Å²) in [5.74, 6) is 0.266. The van der Waals surface area contributed by atoms with E-state index in [0.717, 1.165) is 22.1 Å². The van der Waals surface area contributed by atoms with Crippen LogP contribution in [0, 0.1) is 0 Å². The number of sulfone groups is 1. The number of para-hydroxylation sites is 2. The van der Waals surface area contributed by atoms with Crippen LogP contribution in [0.25, 0.3) is 17.1 Å². The number of phenolic OH excluding ortho intramolecular Hbond substituents is 1. The molecule has 1 heterocycles. The van der Waals surface area contributed by atoms with Crippen molar-refractivity contribution in [3.05, 3.63) is 58.5 Å². The van der Waals surface area contributed by atoms with Gasteiger partial charge in [0.1, 0.15) is 5.75 Å². The van der Waals surface area contributed by atoms with Gasteiger partial charge in [0.05, 0.1) is 11.0 Å². The lowest BCUT2D eigenvalue weighted by Crippen LogP contribution is -2.17. The smallest absolute Gasteiger partial charge is 0.233 e. The van der Waals surface area contributed by atoms with Gasteiger partial charge in [-0.25, -0.2) is 13.4 Å². The maximum absolute atomic E-state index is 12.8. The van der Waals surface area contributed by atoms with Crippen molar-refractivity contribution >= 4 is 26.9 Å². The first kappa shape index (κ1) is 21.1. The number of aromatic nitrogens is 2. The number of rotatable bonds is 3. The summed E-state index contributed by atoms with van der Waals surface area (Å²) >= 11 is 0. The van der Waals surface area contributed by atoms with E-state index in [1.165, 1.54) is 0 Å². The zero-order valence-electron chi connectivity index (χ0n) is 17.7. The first-order valence-electron chi connectivity index (χ1n) is 9.55. The van der Waals surface area contributed by atoms with Crippen molar-refractivity contribution in [1.29, 1.82) is 0 Å². The molecule has 3 rings (SSSR count). The number of nitrogens with zero attached hydrogens (tertiary/aromatic N) is 1. The number of benzene rings is 2. The third kappa shape index (κ3) is 4.37. The summed E-state index contributed by atoms with van der Waals surface area (Å²) in [6, 6.07) is 10.9. The van der Waals surface area contributed by atoms with Crippen LogP contribution in [0.15, 0.2) is 47.0 Å². The first-order chi connectivity index (χ1) is 13.3. The Bertz CT molecular complexity index is 1120. The summed E-state index contributed by atoms with van der Waals surface area (Å²) in [7, 11) is -3.74. The molecular weight excluding hydrogens is 384 g/mol. The Morgan fingerprint density at radius 1 is 0.966 bits per heavy atom. The molecule has 29 heavy (non-hydrogen) atoms. The van der Waals surface area contributed by atoms with Crippen LogP contribution in [0.5, 0.6) is 5.75 Å². The van der Waals surface area contributed by atoms with Crippen molar-refractivity contribution in [2.45, 2.75) is 57.5 Å². The molecule has 0 amide bonds.